The molecule has 0 aliphatic carbocycles. The molecule has 4 aromatic rings. The lowest BCUT2D eigenvalue weighted by Gasteiger charge is -2.24. The number of ketones is 1. The molecule has 6 nitrogen and oxygen atoms in total. The summed E-state index contributed by atoms with van der Waals surface area (Å²) in [6.07, 6.45) is 0. The fourth-order valence-corrected chi connectivity index (χ4v) is 6.17. The standard InChI is InChI=1S/C30H26FN3O3S2/c1-30(2,3)21-13-11-19(12-14-21)24-23(25(35)20-7-5-4-6-8-20)26(36)27(37)34(24)28-32-33-29(39-28)38-17-18-9-15-22(31)16-10-18/h4-16,24,35H,17H2,1-3H3/b25-23-. The molecule has 39 heavy (non-hydrogen) atoms. The first-order valence-electron chi connectivity index (χ1n) is 12.3. The van der Waals surface area contributed by atoms with Gasteiger partial charge in [-0.15, -0.1) is 10.2 Å². The predicted molar refractivity (Wildman–Crippen MR) is 152 cm³/mol. The lowest BCUT2D eigenvalue weighted by atomic mass is 9.85. The summed E-state index contributed by atoms with van der Waals surface area (Å²) >= 11 is 2.59. The molecule has 1 unspecified atom stereocenters. The molecule has 9 heteroatoms. The van der Waals surface area contributed by atoms with Crippen LogP contribution in [0.2, 0.25) is 0 Å². The monoisotopic (exact) mass is 559 g/mol. The zero-order valence-electron chi connectivity index (χ0n) is 21.6. The normalized spacial score (nSPS) is 17.1. The third-order valence-corrected chi connectivity index (χ3v) is 8.59. The van der Waals surface area contributed by atoms with E-state index < -0.39 is 17.7 Å². The van der Waals surface area contributed by atoms with E-state index in [1.807, 2.05) is 30.3 Å². The SMILES string of the molecule is CC(C)(C)c1ccc(C2/C(=C(/O)c3ccccc3)C(=O)C(=O)N2c2nnc(SCc3ccc(F)cc3)s2)cc1. The van der Waals surface area contributed by atoms with Crippen molar-refractivity contribution in [2.24, 2.45) is 0 Å². The van der Waals surface area contributed by atoms with Crippen LogP contribution in [-0.2, 0) is 20.8 Å². The van der Waals surface area contributed by atoms with Gasteiger partial charge in [-0.2, -0.15) is 0 Å². The third-order valence-electron chi connectivity index (χ3n) is 6.46. The molecule has 5 rings (SSSR count). The zero-order valence-corrected chi connectivity index (χ0v) is 23.2. The summed E-state index contributed by atoms with van der Waals surface area (Å²) in [6.45, 7) is 6.32. The van der Waals surface area contributed by atoms with Crippen LogP contribution in [0.4, 0.5) is 9.52 Å². The molecular weight excluding hydrogens is 533 g/mol. The Hall–Kier alpha value is -3.82. The molecule has 1 atom stereocenters. The van der Waals surface area contributed by atoms with Crippen molar-refractivity contribution in [2.75, 3.05) is 4.90 Å². The number of thioether (sulfide) groups is 1. The second-order valence-corrected chi connectivity index (χ2v) is 12.4. The van der Waals surface area contributed by atoms with Gasteiger partial charge in [-0.3, -0.25) is 14.5 Å². The van der Waals surface area contributed by atoms with Gasteiger partial charge in [0.25, 0.3) is 5.78 Å². The average molecular weight is 560 g/mol. The fourth-order valence-electron chi connectivity index (χ4n) is 4.35. The summed E-state index contributed by atoms with van der Waals surface area (Å²) < 4.78 is 13.8. The maximum Gasteiger partial charge on any atom is 0.301 e. The largest absolute Gasteiger partial charge is 0.507 e. The Labute approximate surface area is 234 Å². The van der Waals surface area contributed by atoms with Crippen LogP contribution in [-0.4, -0.2) is 27.0 Å². The van der Waals surface area contributed by atoms with Crippen molar-refractivity contribution in [3.8, 4) is 0 Å². The average Bonchev–Trinajstić information content (AvgIpc) is 3.50. The lowest BCUT2D eigenvalue weighted by molar-refractivity contribution is -0.132. The molecule has 2 heterocycles. The first-order chi connectivity index (χ1) is 18.6. The van der Waals surface area contributed by atoms with Gasteiger partial charge in [-0.05, 0) is 34.2 Å². The smallest absolute Gasteiger partial charge is 0.301 e. The Bertz CT molecular complexity index is 1540. The third kappa shape index (κ3) is 5.51. The highest BCUT2D eigenvalue weighted by Crippen LogP contribution is 2.44. The second kappa shape index (κ2) is 10.7. The van der Waals surface area contributed by atoms with Crippen LogP contribution in [0.15, 0.2) is 88.8 Å². The van der Waals surface area contributed by atoms with Gasteiger partial charge in [0.1, 0.15) is 11.6 Å². The van der Waals surface area contributed by atoms with Crippen molar-refractivity contribution in [3.63, 3.8) is 0 Å². The number of carbonyl (C=O) groups is 2. The van der Waals surface area contributed by atoms with Crippen molar-refractivity contribution >= 4 is 45.7 Å². The number of amides is 1. The lowest BCUT2D eigenvalue weighted by Crippen LogP contribution is -2.29. The van der Waals surface area contributed by atoms with Crippen LogP contribution in [0.3, 0.4) is 0 Å². The van der Waals surface area contributed by atoms with E-state index in [4.69, 9.17) is 0 Å². The zero-order chi connectivity index (χ0) is 27.7. The number of aromatic nitrogens is 2. The van der Waals surface area contributed by atoms with Gasteiger partial charge in [-0.25, -0.2) is 4.39 Å². The summed E-state index contributed by atoms with van der Waals surface area (Å²) in [5, 5.41) is 20.0. The summed E-state index contributed by atoms with van der Waals surface area (Å²) in [5.74, 6) is -1.56. The molecule has 0 spiro atoms. The van der Waals surface area contributed by atoms with Gasteiger partial charge in [0.05, 0.1) is 11.6 Å². The van der Waals surface area contributed by atoms with Crippen LogP contribution < -0.4 is 4.90 Å². The summed E-state index contributed by atoms with van der Waals surface area (Å²) in [6, 6.07) is 21.8. The molecule has 0 radical (unpaired) electrons. The number of rotatable bonds is 6. The molecular formula is C30H26FN3O3S2. The molecule has 1 amide bonds. The van der Waals surface area contributed by atoms with Crippen molar-refractivity contribution < 1.29 is 19.1 Å². The topological polar surface area (TPSA) is 83.4 Å². The Kier molecular flexibility index (Phi) is 7.38. The minimum absolute atomic E-state index is 0.00502. The molecule has 0 saturated carbocycles. The van der Waals surface area contributed by atoms with Crippen molar-refractivity contribution in [3.05, 3.63) is 113 Å². The molecule has 1 aliphatic rings. The number of aliphatic hydroxyl groups excluding tert-OH is 1. The van der Waals surface area contributed by atoms with E-state index in [1.165, 1.54) is 40.1 Å². The maximum atomic E-state index is 13.4. The van der Waals surface area contributed by atoms with Crippen molar-refractivity contribution in [2.45, 2.75) is 42.3 Å². The van der Waals surface area contributed by atoms with E-state index in [2.05, 4.69) is 31.0 Å². The molecule has 3 aromatic carbocycles. The van der Waals surface area contributed by atoms with Crippen LogP contribution in [0.1, 0.15) is 49.1 Å². The molecule has 0 bridgehead atoms. The molecule has 1 saturated heterocycles. The minimum Gasteiger partial charge on any atom is -0.507 e. The number of anilines is 1. The first kappa shape index (κ1) is 26.8. The number of aliphatic hydroxyl groups is 1. The van der Waals surface area contributed by atoms with E-state index in [0.717, 1.165) is 11.1 Å². The van der Waals surface area contributed by atoms with E-state index in [9.17, 15) is 19.1 Å². The van der Waals surface area contributed by atoms with Gasteiger partial charge in [0.15, 0.2) is 4.34 Å². The van der Waals surface area contributed by atoms with Crippen LogP contribution in [0, 0.1) is 5.82 Å². The molecule has 1 N–H and O–H groups in total. The first-order valence-corrected chi connectivity index (χ1v) is 14.1. The van der Waals surface area contributed by atoms with Gasteiger partial charge >= 0.3 is 5.91 Å². The Morgan fingerprint density at radius 2 is 1.64 bits per heavy atom. The quantitative estimate of drug-likeness (QED) is 0.0910. The van der Waals surface area contributed by atoms with Crippen molar-refractivity contribution in [1.29, 1.82) is 0 Å². The molecule has 1 aliphatic heterocycles. The molecule has 198 valence electrons. The summed E-state index contributed by atoms with van der Waals surface area (Å²) in [7, 11) is 0. The van der Waals surface area contributed by atoms with E-state index in [1.54, 1.807) is 36.4 Å². The number of carbonyl (C=O) groups excluding carboxylic acids is 2. The summed E-state index contributed by atoms with van der Waals surface area (Å²) in [4.78, 5) is 28.1. The number of benzene rings is 3. The van der Waals surface area contributed by atoms with E-state index in [0.29, 0.717) is 21.2 Å². The highest BCUT2D eigenvalue weighted by atomic mass is 32.2. The number of nitrogens with zero attached hydrogens (tertiary/aromatic N) is 3. The van der Waals surface area contributed by atoms with Crippen LogP contribution in [0.25, 0.3) is 5.76 Å². The Balaban J connectivity index is 1.54. The minimum atomic E-state index is -0.873. The molecule has 1 fully saturated rings. The van der Waals surface area contributed by atoms with Gasteiger partial charge in [0.2, 0.25) is 5.13 Å². The second-order valence-electron chi connectivity index (χ2n) is 10.2. The van der Waals surface area contributed by atoms with Gasteiger partial charge < -0.3 is 5.11 Å². The van der Waals surface area contributed by atoms with Gasteiger partial charge in [0, 0.05) is 11.3 Å². The number of halogens is 1. The van der Waals surface area contributed by atoms with Crippen molar-refractivity contribution in [1.82, 2.24) is 10.2 Å². The Morgan fingerprint density at radius 1 is 0.974 bits per heavy atom. The highest BCUT2D eigenvalue weighted by molar-refractivity contribution is 8.00. The number of hydrogen-bond acceptors (Lipinski definition) is 7. The fraction of sp³-hybridized carbons (Fsp3) is 0.200. The maximum absolute atomic E-state index is 13.4. The predicted octanol–water partition coefficient (Wildman–Crippen LogP) is 6.89. The number of hydrogen-bond donors (Lipinski definition) is 1. The van der Waals surface area contributed by atoms with Crippen LogP contribution in [0.5, 0.6) is 0 Å². The highest BCUT2D eigenvalue weighted by Gasteiger charge is 2.48. The number of Topliss-reactive ketones (excluding diaryl/α,β-unsaturated/α-hetero) is 1. The summed E-state index contributed by atoms with van der Waals surface area (Å²) in [5.41, 5.74) is 3.06. The molecule has 1 aromatic heterocycles. The van der Waals surface area contributed by atoms with Crippen LogP contribution >= 0.6 is 23.1 Å². The van der Waals surface area contributed by atoms with Gasteiger partial charge in [-0.1, -0.05) is 111 Å². The van der Waals surface area contributed by atoms with E-state index in [-0.39, 0.29) is 27.7 Å². The Morgan fingerprint density at radius 3 is 2.28 bits per heavy atom. The van der Waals surface area contributed by atoms with E-state index >= 15 is 0 Å².